The monoisotopic (exact) mass is 474 g/mol. The van der Waals surface area contributed by atoms with E-state index in [1.165, 1.54) is 5.56 Å². The van der Waals surface area contributed by atoms with Crippen LogP contribution in [0.15, 0.2) is 66.7 Å². The van der Waals surface area contributed by atoms with Gasteiger partial charge >= 0.3 is 0 Å². The Kier molecular flexibility index (Phi) is 7.55. The molecule has 0 spiro atoms. The molecular weight excluding hydrogens is 444 g/mol. The first kappa shape index (κ1) is 24.1. The van der Waals surface area contributed by atoms with Gasteiger partial charge in [-0.25, -0.2) is 0 Å². The summed E-state index contributed by atoms with van der Waals surface area (Å²) in [6.07, 6.45) is 0.310. The number of fused-ring (bicyclic) bond motifs is 1. The normalized spacial score (nSPS) is 14.7. The Balaban J connectivity index is 1.36. The second-order valence-electron chi connectivity index (χ2n) is 8.43. The summed E-state index contributed by atoms with van der Waals surface area (Å²) in [6, 6.07) is 20.7. The van der Waals surface area contributed by atoms with Gasteiger partial charge in [0.2, 0.25) is 0 Å². The van der Waals surface area contributed by atoms with Gasteiger partial charge in [0.25, 0.3) is 11.8 Å². The lowest BCUT2D eigenvalue weighted by atomic mass is 10.1. The number of rotatable bonds is 9. The maximum atomic E-state index is 12.8. The van der Waals surface area contributed by atoms with Crippen LogP contribution in [0.2, 0.25) is 0 Å². The summed E-state index contributed by atoms with van der Waals surface area (Å²) in [7, 11) is 0. The zero-order valence-electron chi connectivity index (χ0n) is 20.2. The maximum absolute atomic E-state index is 12.8. The number of hydrogen-bond acceptors (Lipinski definition) is 5. The second-order valence-corrected chi connectivity index (χ2v) is 8.43. The molecule has 182 valence electrons. The fraction of sp³-hybridized carbons (Fsp3) is 0.286. The average Bonchev–Trinajstić information content (AvgIpc) is 2.86. The molecule has 1 unspecified atom stereocenters. The van der Waals surface area contributed by atoms with Crippen molar-refractivity contribution in [1.29, 1.82) is 0 Å². The Bertz CT molecular complexity index is 1170. The standard InChI is InChI=1S/C28H30N2O5/c1-4-21-7-12-24(13-8-21)34-18-27(31)29-22-9-14-25-26(17-22)35-20(3)28(32)30(25)15-16-33-23-10-5-19(2)6-11-23/h5-14,17,20H,4,15-16,18H2,1-3H3,(H,29,31). The SMILES string of the molecule is CCc1ccc(OCC(=O)Nc2ccc3c(c2)OC(C)C(=O)N3CCOc2ccc(C)cc2)cc1. The smallest absolute Gasteiger partial charge is 0.267 e. The van der Waals surface area contributed by atoms with Crippen LogP contribution in [-0.2, 0) is 16.0 Å². The molecule has 0 aliphatic carbocycles. The van der Waals surface area contributed by atoms with Gasteiger partial charge in [0.05, 0.1) is 12.2 Å². The minimum Gasteiger partial charge on any atom is -0.492 e. The third-order valence-electron chi connectivity index (χ3n) is 5.76. The van der Waals surface area contributed by atoms with Crippen molar-refractivity contribution in [2.45, 2.75) is 33.3 Å². The third-order valence-corrected chi connectivity index (χ3v) is 5.76. The lowest BCUT2D eigenvalue weighted by molar-refractivity contribution is -0.125. The number of hydrogen-bond donors (Lipinski definition) is 1. The van der Waals surface area contributed by atoms with Gasteiger partial charge in [0, 0.05) is 11.8 Å². The lowest BCUT2D eigenvalue weighted by Gasteiger charge is -2.33. The van der Waals surface area contributed by atoms with Crippen LogP contribution in [0.1, 0.15) is 25.0 Å². The van der Waals surface area contributed by atoms with E-state index in [2.05, 4.69) is 12.2 Å². The number of nitrogens with zero attached hydrogens (tertiary/aromatic N) is 1. The summed E-state index contributed by atoms with van der Waals surface area (Å²) in [5.41, 5.74) is 3.57. The fourth-order valence-electron chi connectivity index (χ4n) is 3.78. The zero-order valence-corrected chi connectivity index (χ0v) is 20.2. The highest BCUT2D eigenvalue weighted by Gasteiger charge is 2.31. The molecule has 35 heavy (non-hydrogen) atoms. The molecule has 0 aromatic heterocycles. The highest BCUT2D eigenvalue weighted by Crippen LogP contribution is 2.36. The lowest BCUT2D eigenvalue weighted by Crippen LogP contribution is -2.46. The van der Waals surface area contributed by atoms with Crippen LogP contribution in [0.25, 0.3) is 0 Å². The number of carbonyl (C=O) groups excluding carboxylic acids is 2. The Hall–Kier alpha value is -4.00. The van der Waals surface area contributed by atoms with Crippen LogP contribution in [0.3, 0.4) is 0 Å². The number of ether oxygens (including phenoxy) is 3. The minimum absolute atomic E-state index is 0.110. The molecule has 0 saturated carbocycles. The van der Waals surface area contributed by atoms with E-state index in [4.69, 9.17) is 14.2 Å². The van der Waals surface area contributed by atoms with Crippen molar-refractivity contribution >= 4 is 23.2 Å². The van der Waals surface area contributed by atoms with Crippen LogP contribution in [0.4, 0.5) is 11.4 Å². The van der Waals surface area contributed by atoms with E-state index in [0.717, 1.165) is 17.7 Å². The van der Waals surface area contributed by atoms with E-state index in [1.807, 2.05) is 55.5 Å². The van der Waals surface area contributed by atoms with Gasteiger partial charge in [-0.1, -0.05) is 36.8 Å². The highest BCUT2D eigenvalue weighted by atomic mass is 16.5. The van der Waals surface area contributed by atoms with Gasteiger partial charge in [-0.3, -0.25) is 9.59 Å². The van der Waals surface area contributed by atoms with Gasteiger partial charge < -0.3 is 24.4 Å². The summed E-state index contributed by atoms with van der Waals surface area (Å²) < 4.78 is 17.2. The van der Waals surface area contributed by atoms with Gasteiger partial charge in [-0.15, -0.1) is 0 Å². The van der Waals surface area contributed by atoms with E-state index >= 15 is 0 Å². The number of benzene rings is 3. The number of carbonyl (C=O) groups is 2. The fourth-order valence-corrected chi connectivity index (χ4v) is 3.78. The zero-order chi connectivity index (χ0) is 24.8. The summed E-state index contributed by atoms with van der Waals surface area (Å²) >= 11 is 0. The molecule has 3 aromatic rings. The van der Waals surface area contributed by atoms with Gasteiger partial charge in [0.15, 0.2) is 12.7 Å². The predicted molar refractivity (Wildman–Crippen MR) is 136 cm³/mol. The molecule has 7 heteroatoms. The Morgan fingerprint density at radius 3 is 2.40 bits per heavy atom. The van der Waals surface area contributed by atoms with Gasteiger partial charge in [-0.05, 0) is 62.2 Å². The Morgan fingerprint density at radius 1 is 1.00 bits per heavy atom. The van der Waals surface area contributed by atoms with E-state index < -0.39 is 6.10 Å². The average molecular weight is 475 g/mol. The predicted octanol–water partition coefficient (Wildman–Crippen LogP) is 4.77. The minimum atomic E-state index is -0.637. The molecule has 0 bridgehead atoms. The summed E-state index contributed by atoms with van der Waals surface area (Å²) in [6.45, 7) is 6.42. The van der Waals surface area contributed by atoms with E-state index in [-0.39, 0.29) is 18.4 Å². The van der Waals surface area contributed by atoms with Crippen LogP contribution in [0.5, 0.6) is 17.2 Å². The van der Waals surface area contributed by atoms with Crippen LogP contribution >= 0.6 is 0 Å². The number of nitrogens with one attached hydrogen (secondary N) is 1. The summed E-state index contributed by atoms with van der Waals surface area (Å²) in [5.74, 6) is 1.51. The molecule has 0 radical (unpaired) electrons. The second kappa shape index (κ2) is 11.0. The Labute approximate surface area is 205 Å². The molecule has 0 saturated heterocycles. The van der Waals surface area contributed by atoms with Crippen molar-refractivity contribution in [2.75, 3.05) is 30.0 Å². The van der Waals surface area contributed by atoms with E-state index in [0.29, 0.717) is 36.0 Å². The van der Waals surface area contributed by atoms with Gasteiger partial charge in [0.1, 0.15) is 23.9 Å². The topological polar surface area (TPSA) is 77.1 Å². The number of aryl methyl sites for hydroxylation is 2. The molecular formula is C28H30N2O5. The molecule has 7 nitrogen and oxygen atoms in total. The van der Waals surface area contributed by atoms with Crippen molar-refractivity contribution < 1.29 is 23.8 Å². The number of anilines is 2. The van der Waals surface area contributed by atoms with Crippen molar-refractivity contribution in [3.63, 3.8) is 0 Å². The van der Waals surface area contributed by atoms with Crippen molar-refractivity contribution in [2.24, 2.45) is 0 Å². The molecule has 1 aliphatic heterocycles. The molecule has 4 rings (SSSR count). The molecule has 3 aromatic carbocycles. The molecule has 1 aliphatic rings. The van der Waals surface area contributed by atoms with Gasteiger partial charge in [-0.2, -0.15) is 0 Å². The first-order valence-corrected chi connectivity index (χ1v) is 11.8. The van der Waals surface area contributed by atoms with Crippen LogP contribution < -0.4 is 24.4 Å². The highest BCUT2D eigenvalue weighted by molar-refractivity contribution is 6.00. The van der Waals surface area contributed by atoms with Crippen LogP contribution in [-0.4, -0.2) is 37.7 Å². The van der Waals surface area contributed by atoms with Crippen molar-refractivity contribution in [3.05, 3.63) is 77.9 Å². The maximum Gasteiger partial charge on any atom is 0.267 e. The third kappa shape index (κ3) is 6.12. The van der Waals surface area contributed by atoms with Crippen molar-refractivity contribution in [1.82, 2.24) is 0 Å². The quantitative estimate of drug-likeness (QED) is 0.484. The largest absolute Gasteiger partial charge is 0.492 e. The molecule has 1 heterocycles. The van der Waals surface area contributed by atoms with E-state index in [1.54, 1.807) is 30.0 Å². The molecule has 1 N–H and O–H groups in total. The molecule has 0 fully saturated rings. The first-order valence-electron chi connectivity index (χ1n) is 11.8. The molecule has 1 atom stereocenters. The first-order chi connectivity index (χ1) is 16.9. The van der Waals surface area contributed by atoms with Crippen molar-refractivity contribution in [3.8, 4) is 17.2 Å². The van der Waals surface area contributed by atoms with Crippen LogP contribution in [0, 0.1) is 6.92 Å². The molecule has 2 amide bonds. The number of amides is 2. The summed E-state index contributed by atoms with van der Waals surface area (Å²) in [5, 5.41) is 2.82. The van der Waals surface area contributed by atoms with E-state index in [9.17, 15) is 9.59 Å². The summed E-state index contributed by atoms with van der Waals surface area (Å²) in [4.78, 5) is 26.8. The Morgan fingerprint density at radius 2 is 1.69 bits per heavy atom.